The van der Waals surface area contributed by atoms with Crippen molar-refractivity contribution in [2.24, 2.45) is 0 Å². The van der Waals surface area contributed by atoms with Gasteiger partial charge in [-0.1, -0.05) is 31.2 Å². The van der Waals surface area contributed by atoms with Gasteiger partial charge in [0.25, 0.3) is 5.91 Å². The number of carbonyl (C=O) groups excluding carboxylic acids is 1. The van der Waals surface area contributed by atoms with Crippen LogP contribution in [0.25, 0.3) is 11.3 Å². The van der Waals surface area contributed by atoms with E-state index in [0.717, 1.165) is 0 Å². The van der Waals surface area contributed by atoms with Crippen LogP contribution in [0.4, 0.5) is 9.52 Å². The van der Waals surface area contributed by atoms with Crippen LogP contribution in [-0.4, -0.2) is 56.0 Å². The molecule has 34 heavy (non-hydrogen) atoms. The first-order valence-electron chi connectivity index (χ1n) is 10.7. The average Bonchev–Trinajstić information content (AvgIpc) is 3.32. The van der Waals surface area contributed by atoms with Crippen molar-refractivity contribution in [2.75, 3.05) is 31.6 Å². The maximum absolute atomic E-state index is 13.9. The van der Waals surface area contributed by atoms with Gasteiger partial charge in [0, 0.05) is 24.0 Å². The first kappa shape index (κ1) is 24.3. The number of ether oxygens (including phenoxy) is 2. The number of halogens is 1. The molecule has 0 unspecified atom stereocenters. The third-order valence-corrected chi connectivity index (χ3v) is 7.93. The molecule has 0 spiro atoms. The first-order valence-corrected chi connectivity index (χ1v) is 13.1. The summed E-state index contributed by atoms with van der Waals surface area (Å²) in [5.74, 6) is -0.959. The second-order valence-electron chi connectivity index (χ2n) is 7.51. The number of nitrogens with one attached hydrogen (secondary N) is 1. The van der Waals surface area contributed by atoms with Crippen molar-refractivity contribution < 1.29 is 27.1 Å². The number of aromatic nitrogens is 1. The minimum atomic E-state index is -3.58. The molecule has 1 saturated heterocycles. The van der Waals surface area contributed by atoms with Gasteiger partial charge in [-0.15, -0.1) is 11.3 Å². The highest BCUT2D eigenvalue weighted by Crippen LogP contribution is 2.27. The highest BCUT2D eigenvalue weighted by molar-refractivity contribution is 7.89. The Morgan fingerprint density at radius 3 is 2.59 bits per heavy atom. The predicted octanol–water partition coefficient (Wildman–Crippen LogP) is 3.77. The minimum Gasteiger partial charge on any atom is -0.478 e. The number of sulfonamides is 1. The van der Waals surface area contributed by atoms with Gasteiger partial charge in [-0.3, -0.25) is 10.1 Å². The third-order valence-electron chi connectivity index (χ3n) is 5.26. The molecule has 1 fully saturated rings. The Kier molecular flexibility index (Phi) is 7.57. The van der Waals surface area contributed by atoms with Gasteiger partial charge in [-0.05, 0) is 30.7 Å². The summed E-state index contributed by atoms with van der Waals surface area (Å²) in [6.45, 7) is 3.20. The van der Waals surface area contributed by atoms with Crippen molar-refractivity contribution in [1.82, 2.24) is 9.29 Å². The topological polar surface area (TPSA) is 97.8 Å². The summed E-state index contributed by atoms with van der Waals surface area (Å²) in [6, 6.07) is 12.4. The van der Waals surface area contributed by atoms with Crippen molar-refractivity contribution in [3.05, 3.63) is 59.7 Å². The summed E-state index contributed by atoms with van der Waals surface area (Å²) in [6.07, 6.45) is -0.536. The van der Waals surface area contributed by atoms with Crippen LogP contribution < -0.4 is 10.1 Å². The number of hydrogen-bond donors (Lipinski definition) is 1. The van der Waals surface area contributed by atoms with E-state index in [1.54, 1.807) is 48.7 Å². The third kappa shape index (κ3) is 5.44. The Bertz CT molecular complexity index is 1240. The average molecular weight is 506 g/mol. The lowest BCUT2D eigenvalue weighted by Crippen LogP contribution is -2.40. The van der Waals surface area contributed by atoms with E-state index in [4.69, 9.17) is 9.47 Å². The van der Waals surface area contributed by atoms with Crippen molar-refractivity contribution in [2.45, 2.75) is 24.3 Å². The van der Waals surface area contributed by atoms with Crippen LogP contribution in [0.2, 0.25) is 0 Å². The smallest absolute Gasteiger partial charge is 0.267 e. The van der Waals surface area contributed by atoms with Crippen molar-refractivity contribution in [3.8, 4) is 17.0 Å². The lowest BCUT2D eigenvalue weighted by atomic mass is 10.2. The second-order valence-corrected chi connectivity index (χ2v) is 10.3. The van der Waals surface area contributed by atoms with E-state index in [1.807, 2.05) is 0 Å². The number of benzene rings is 2. The van der Waals surface area contributed by atoms with Crippen molar-refractivity contribution >= 4 is 32.4 Å². The maximum Gasteiger partial charge on any atom is 0.267 e. The highest BCUT2D eigenvalue weighted by Gasteiger charge is 2.26. The van der Waals surface area contributed by atoms with Gasteiger partial charge in [0.1, 0.15) is 0 Å². The molecule has 8 nitrogen and oxygen atoms in total. The number of morpholine rings is 1. The Labute approximate surface area is 201 Å². The zero-order chi connectivity index (χ0) is 24.1. The molecule has 3 aromatic rings. The number of rotatable bonds is 8. The Morgan fingerprint density at radius 2 is 1.91 bits per heavy atom. The lowest BCUT2D eigenvalue weighted by molar-refractivity contribution is -0.122. The van der Waals surface area contributed by atoms with E-state index in [0.29, 0.717) is 49.1 Å². The molecule has 180 valence electrons. The van der Waals surface area contributed by atoms with Crippen LogP contribution >= 0.6 is 11.3 Å². The zero-order valence-corrected chi connectivity index (χ0v) is 20.1. The molecule has 4 rings (SSSR count). The van der Waals surface area contributed by atoms with Crippen LogP contribution in [-0.2, 0) is 19.6 Å². The maximum atomic E-state index is 13.9. The summed E-state index contributed by atoms with van der Waals surface area (Å²) in [7, 11) is -3.58. The fraction of sp³-hybridized carbons (Fsp3) is 0.304. The van der Waals surface area contributed by atoms with E-state index >= 15 is 0 Å². The predicted molar refractivity (Wildman–Crippen MR) is 127 cm³/mol. The van der Waals surface area contributed by atoms with Crippen LogP contribution in [0, 0.1) is 5.82 Å². The molecular weight excluding hydrogens is 481 g/mol. The van der Waals surface area contributed by atoms with Crippen LogP contribution in [0.1, 0.15) is 13.3 Å². The largest absolute Gasteiger partial charge is 0.478 e. The monoisotopic (exact) mass is 505 g/mol. The second kappa shape index (κ2) is 10.6. The molecule has 0 bridgehead atoms. The van der Waals surface area contributed by atoms with Gasteiger partial charge < -0.3 is 9.47 Å². The molecule has 1 atom stereocenters. The van der Waals surface area contributed by atoms with Gasteiger partial charge in [-0.25, -0.2) is 17.8 Å². The number of nitrogens with zero attached hydrogens (tertiary/aromatic N) is 2. The van der Waals surface area contributed by atoms with Gasteiger partial charge in [-0.2, -0.15) is 4.31 Å². The van der Waals surface area contributed by atoms with E-state index in [9.17, 15) is 17.6 Å². The molecule has 0 radical (unpaired) electrons. The van der Waals surface area contributed by atoms with Crippen LogP contribution in [0.5, 0.6) is 5.75 Å². The number of para-hydroxylation sites is 1. The Hall–Kier alpha value is -2.86. The lowest BCUT2D eigenvalue weighted by Gasteiger charge is -2.26. The first-order chi connectivity index (χ1) is 16.4. The number of hydrogen-bond acceptors (Lipinski definition) is 7. The van der Waals surface area contributed by atoms with E-state index in [-0.39, 0.29) is 10.6 Å². The number of thiazole rings is 1. The zero-order valence-electron chi connectivity index (χ0n) is 18.4. The Morgan fingerprint density at radius 1 is 1.21 bits per heavy atom. The molecule has 1 aromatic heterocycles. The van der Waals surface area contributed by atoms with E-state index in [2.05, 4.69) is 10.3 Å². The normalized spacial score (nSPS) is 15.6. The fourth-order valence-electron chi connectivity index (χ4n) is 3.40. The molecule has 2 aromatic carbocycles. The van der Waals surface area contributed by atoms with E-state index < -0.39 is 27.9 Å². The summed E-state index contributed by atoms with van der Waals surface area (Å²) >= 11 is 1.23. The van der Waals surface area contributed by atoms with E-state index in [1.165, 1.54) is 27.8 Å². The quantitative estimate of drug-likeness (QED) is 0.501. The molecule has 1 aliphatic rings. The number of amides is 1. The summed E-state index contributed by atoms with van der Waals surface area (Å²) in [5.41, 5.74) is 1.31. The molecule has 1 N–H and O–H groups in total. The standard InChI is InChI=1S/C23H24FN3O5S2/c1-2-20(32-21-6-4-3-5-18(21)24)22(28)26-23-25-19(15-33-23)16-7-9-17(10-8-16)34(29,30)27-11-13-31-14-12-27/h3-10,15,20H,2,11-14H2,1H3,(H,25,26,28)/t20-/m1/s1. The fourth-order valence-corrected chi connectivity index (χ4v) is 5.53. The van der Waals surface area contributed by atoms with Gasteiger partial charge in [0.15, 0.2) is 22.8 Å². The molecule has 11 heteroatoms. The molecule has 0 saturated carbocycles. The summed E-state index contributed by atoms with van der Waals surface area (Å²) in [5, 5.41) is 4.83. The molecule has 0 aliphatic carbocycles. The molecular formula is C23H24FN3O5S2. The number of anilines is 1. The highest BCUT2D eigenvalue weighted by atomic mass is 32.2. The minimum absolute atomic E-state index is 0.0106. The summed E-state index contributed by atoms with van der Waals surface area (Å²) in [4.78, 5) is 17.3. The van der Waals surface area contributed by atoms with Gasteiger partial charge in [0.05, 0.1) is 23.8 Å². The molecule has 1 aliphatic heterocycles. The van der Waals surface area contributed by atoms with Gasteiger partial charge in [0.2, 0.25) is 10.0 Å². The Balaban J connectivity index is 1.42. The summed E-state index contributed by atoms with van der Waals surface area (Å²) < 4.78 is 51.6. The SMILES string of the molecule is CC[C@@H](Oc1ccccc1F)C(=O)Nc1nc(-c2ccc(S(=O)(=O)N3CCOCC3)cc2)cs1. The van der Waals surface area contributed by atoms with Gasteiger partial charge >= 0.3 is 0 Å². The number of carbonyl (C=O) groups is 1. The molecule has 2 heterocycles. The van der Waals surface area contributed by atoms with Crippen LogP contribution in [0.3, 0.4) is 0 Å². The van der Waals surface area contributed by atoms with Crippen molar-refractivity contribution in [3.63, 3.8) is 0 Å². The molecule has 1 amide bonds. The van der Waals surface area contributed by atoms with Crippen molar-refractivity contribution in [1.29, 1.82) is 0 Å². The van der Waals surface area contributed by atoms with Crippen LogP contribution in [0.15, 0.2) is 58.8 Å².